The van der Waals surface area contributed by atoms with E-state index in [2.05, 4.69) is 162 Å². The lowest BCUT2D eigenvalue weighted by Crippen LogP contribution is -2.25. The first-order valence-corrected chi connectivity index (χ1v) is 26.5. The number of hydrogen-bond donors (Lipinski definition) is 0. The number of nitrogens with zero attached hydrogens (tertiary/aromatic N) is 2. The van der Waals surface area contributed by atoms with Gasteiger partial charge in [0.15, 0.2) is 5.82 Å². The SMILES string of the molecule is C.C.C.C.CCC1CCC(C2CCC(CC)CC2)CC1.CCc1ccc(-c2ccc(CC)cc2)cc1.CCc1ccc(-c2ncc(CC)cn2)cc1.CCc1ccc(C2CCC(CC)CC2)cc1. The first-order chi connectivity index (χ1) is 31.3. The Morgan fingerprint density at radius 1 is 0.324 bits per heavy atom. The minimum atomic E-state index is 0. The molecule has 0 N–H and O–H groups in total. The van der Waals surface area contributed by atoms with Crippen LogP contribution in [0.1, 0.15) is 221 Å². The van der Waals surface area contributed by atoms with Crippen LogP contribution in [0.3, 0.4) is 0 Å². The second-order valence-corrected chi connectivity index (χ2v) is 19.5. The van der Waals surface area contributed by atoms with Crippen molar-refractivity contribution in [2.75, 3.05) is 0 Å². The first kappa shape index (κ1) is 62.0. The van der Waals surface area contributed by atoms with Gasteiger partial charge in [0.2, 0.25) is 0 Å². The van der Waals surface area contributed by atoms with Crippen molar-refractivity contribution in [3.05, 3.63) is 143 Å². The van der Waals surface area contributed by atoms with Gasteiger partial charge in [0, 0.05) is 18.0 Å². The lowest BCUT2D eigenvalue weighted by Gasteiger charge is -2.37. The zero-order valence-electron chi connectivity index (χ0n) is 41.9. The van der Waals surface area contributed by atoms with Crippen LogP contribution in [0.15, 0.2) is 109 Å². The molecule has 2 heteroatoms. The van der Waals surface area contributed by atoms with E-state index in [4.69, 9.17) is 0 Å². The van der Waals surface area contributed by atoms with E-state index < -0.39 is 0 Å². The molecule has 3 aliphatic carbocycles. The average Bonchev–Trinajstić information content (AvgIpc) is 3.39. The van der Waals surface area contributed by atoms with Gasteiger partial charge >= 0.3 is 0 Å². The van der Waals surface area contributed by atoms with Gasteiger partial charge in [-0.05, 0) is 163 Å². The summed E-state index contributed by atoms with van der Waals surface area (Å²) in [5.74, 6) is 7.02. The summed E-state index contributed by atoms with van der Waals surface area (Å²) >= 11 is 0. The van der Waals surface area contributed by atoms with Crippen molar-refractivity contribution in [2.24, 2.45) is 29.6 Å². The second-order valence-electron chi connectivity index (χ2n) is 19.5. The smallest absolute Gasteiger partial charge is 0.159 e. The summed E-state index contributed by atoms with van der Waals surface area (Å²) in [6.45, 7) is 17.9. The standard InChI is InChI=1S/C16H30.C16H24.C16H18.C14H16N2.4CH4/c3*1-3-13-5-9-15(10-6-13)16-11-7-14(4-2)8-12-16;1-3-11-5-7-13(8-6-11)14-15-9-12(4-2)10-16-14;;;;/h13-16H,3-12H2,1-2H3;5-6,9-10,14,16H,3-4,7-8,11-12H2,1-2H3;5-12H,3-4H2,1-2H3;5-10H,3-4H2,1-2H3;4*1H4. The van der Waals surface area contributed by atoms with Crippen LogP contribution in [0.25, 0.3) is 22.5 Å². The van der Waals surface area contributed by atoms with Crippen molar-refractivity contribution in [2.45, 2.75) is 219 Å². The van der Waals surface area contributed by atoms with Crippen LogP contribution in [0.5, 0.6) is 0 Å². The molecule has 68 heavy (non-hydrogen) atoms. The van der Waals surface area contributed by atoms with Gasteiger partial charge in [0.25, 0.3) is 0 Å². The maximum Gasteiger partial charge on any atom is 0.159 e. The fourth-order valence-corrected chi connectivity index (χ4v) is 10.5. The van der Waals surface area contributed by atoms with Crippen molar-refractivity contribution < 1.29 is 0 Å². The molecular weight excluding hydrogens is 821 g/mol. The number of benzene rings is 4. The minimum absolute atomic E-state index is 0. The zero-order valence-corrected chi connectivity index (χ0v) is 41.9. The molecule has 0 unspecified atom stereocenters. The number of aryl methyl sites for hydroxylation is 5. The highest BCUT2D eigenvalue weighted by atomic mass is 14.9. The van der Waals surface area contributed by atoms with E-state index >= 15 is 0 Å². The third kappa shape index (κ3) is 19.8. The summed E-state index contributed by atoms with van der Waals surface area (Å²) in [5.41, 5.74) is 12.0. The Balaban J connectivity index is 0.000000445. The molecule has 5 aromatic rings. The quantitative estimate of drug-likeness (QED) is 0.125. The van der Waals surface area contributed by atoms with Crippen LogP contribution in [0.2, 0.25) is 0 Å². The Morgan fingerprint density at radius 2 is 0.603 bits per heavy atom. The second kappa shape index (κ2) is 34.3. The molecule has 0 aliphatic heterocycles. The van der Waals surface area contributed by atoms with Gasteiger partial charge in [0.1, 0.15) is 0 Å². The van der Waals surface area contributed by atoms with E-state index in [0.29, 0.717) is 0 Å². The molecule has 3 fully saturated rings. The topological polar surface area (TPSA) is 25.8 Å². The van der Waals surface area contributed by atoms with E-state index in [1.54, 1.807) is 31.2 Å². The number of hydrogen-bond acceptors (Lipinski definition) is 2. The highest BCUT2D eigenvalue weighted by molar-refractivity contribution is 5.64. The van der Waals surface area contributed by atoms with Gasteiger partial charge in [0.05, 0.1) is 0 Å². The predicted octanol–water partition coefficient (Wildman–Crippen LogP) is 20.6. The number of aromatic nitrogens is 2. The third-order valence-electron chi connectivity index (χ3n) is 15.7. The van der Waals surface area contributed by atoms with Gasteiger partial charge in [-0.3, -0.25) is 0 Å². The van der Waals surface area contributed by atoms with Crippen LogP contribution < -0.4 is 0 Å². The van der Waals surface area contributed by atoms with Gasteiger partial charge in [-0.2, -0.15) is 0 Å². The van der Waals surface area contributed by atoms with Crippen molar-refractivity contribution in [1.82, 2.24) is 9.97 Å². The summed E-state index contributed by atoms with van der Waals surface area (Å²) in [7, 11) is 0. The zero-order chi connectivity index (χ0) is 45.5. The van der Waals surface area contributed by atoms with E-state index in [0.717, 1.165) is 79.0 Å². The summed E-state index contributed by atoms with van der Waals surface area (Å²) < 4.78 is 0. The molecule has 0 radical (unpaired) electrons. The van der Waals surface area contributed by atoms with Crippen molar-refractivity contribution in [3.8, 4) is 22.5 Å². The maximum atomic E-state index is 4.36. The molecule has 0 atom stereocenters. The molecule has 3 saturated carbocycles. The lowest BCUT2D eigenvalue weighted by molar-refractivity contribution is 0.144. The summed E-state index contributed by atoms with van der Waals surface area (Å²) in [6.07, 6.45) is 31.5. The number of rotatable bonds is 12. The fraction of sp³-hybridized carbons (Fsp3) is 0.576. The molecule has 1 heterocycles. The Kier molecular flexibility index (Phi) is 31.3. The van der Waals surface area contributed by atoms with Crippen LogP contribution in [0, 0.1) is 29.6 Å². The highest BCUT2D eigenvalue weighted by Gasteiger charge is 2.30. The molecule has 8 rings (SSSR count). The summed E-state index contributed by atoms with van der Waals surface area (Å²) in [4.78, 5) is 8.73. The maximum absolute atomic E-state index is 4.36. The molecule has 3 aliphatic rings. The van der Waals surface area contributed by atoms with Crippen LogP contribution in [0.4, 0.5) is 0 Å². The lowest BCUT2D eigenvalue weighted by atomic mass is 9.68. The van der Waals surface area contributed by atoms with E-state index in [1.165, 1.54) is 110 Å². The monoisotopic (exact) mass is 925 g/mol. The first-order valence-electron chi connectivity index (χ1n) is 26.5. The third-order valence-corrected chi connectivity index (χ3v) is 15.7. The molecule has 0 amide bonds. The fourth-order valence-electron chi connectivity index (χ4n) is 10.5. The van der Waals surface area contributed by atoms with Gasteiger partial charge in [-0.15, -0.1) is 0 Å². The summed E-state index contributed by atoms with van der Waals surface area (Å²) in [6, 6.07) is 35.4. The molecule has 4 aromatic carbocycles. The van der Waals surface area contributed by atoms with E-state index in [-0.39, 0.29) is 29.7 Å². The molecule has 0 bridgehead atoms. The van der Waals surface area contributed by atoms with Crippen molar-refractivity contribution >= 4 is 0 Å². The minimum Gasteiger partial charge on any atom is -0.236 e. The van der Waals surface area contributed by atoms with Gasteiger partial charge in [-0.25, -0.2) is 9.97 Å². The van der Waals surface area contributed by atoms with Crippen LogP contribution >= 0.6 is 0 Å². The molecule has 0 spiro atoms. The highest BCUT2D eigenvalue weighted by Crippen LogP contribution is 2.42. The Bertz CT molecular complexity index is 1730. The molecule has 2 nitrogen and oxygen atoms in total. The van der Waals surface area contributed by atoms with Gasteiger partial charge in [-0.1, -0.05) is 227 Å². The molecular formula is C66H104N2. The molecule has 0 saturated heterocycles. The van der Waals surface area contributed by atoms with Crippen molar-refractivity contribution in [1.29, 1.82) is 0 Å². The van der Waals surface area contributed by atoms with Gasteiger partial charge < -0.3 is 0 Å². The van der Waals surface area contributed by atoms with Crippen LogP contribution in [-0.4, -0.2) is 9.97 Å². The van der Waals surface area contributed by atoms with Crippen molar-refractivity contribution in [3.63, 3.8) is 0 Å². The normalized spacial score (nSPS) is 20.5. The van der Waals surface area contributed by atoms with E-state index in [9.17, 15) is 0 Å². The largest absolute Gasteiger partial charge is 0.236 e. The van der Waals surface area contributed by atoms with E-state index in [1.807, 2.05) is 12.4 Å². The molecule has 378 valence electrons. The Labute approximate surface area is 422 Å². The Morgan fingerprint density at radius 3 is 0.897 bits per heavy atom. The van der Waals surface area contributed by atoms with Crippen LogP contribution in [-0.2, 0) is 32.1 Å². The Hall–Kier alpha value is -4.04. The average molecular weight is 926 g/mol. The molecule has 1 aromatic heterocycles. The summed E-state index contributed by atoms with van der Waals surface area (Å²) in [5, 5.41) is 0. The predicted molar refractivity (Wildman–Crippen MR) is 306 cm³/mol.